The van der Waals surface area contributed by atoms with E-state index in [4.69, 9.17) is 5.26 Å². The second-order valence-corrected chi connectivity index (χ2v) is 4.69. The van der Waals surface area contributed by atoms with Crippen LogP contribution in [-0.2, 0) is 4.79 Å². The highest BCUT2D eigenvalue weighted by atomic mass is 16.1. The first-order chi connectivity index (χ1) is 10.7. The van der Waals surface area contributed by atoms with Gasteiger partial charge in [-0.2, -0.15) is 10.5 Å². The Hall–Kier alpha value is -3.01. The lowest BCUT2D eigenvalue weighted by atomic mass is 10.1. The second kappa shape index (κ2) is 7.69. The van der Waals surface area contributed by atoms with Crippen molar-refractivity contribution in [3.8, 4) is 6.07 Å². The zero-order valence-corrected chi connectivity index (χ0v) is 12.2. The van der Waals surface area contributed by atoms with Crippen LogP contribution in [0.25, 0.3) is 6.08 Å². The van der Waals surface area contributed by atoms with Crippen LogP contribution < -0.4 is 5.32 Å². The molecule has 1 atom stereocenters. The smallest absolute Gasteiger partial charge is 0.244 e. The number of amides is 1. The summed E-state index contributed by atoms with van der Waals surface area (Å²) in [7, 11) is 0. The van der Waals surface area contributed by atoms with Gasteiger partial charge in [-0.15, -0.1) is 10.2 Å². The lowest BCUT2D eigenvalue weighted by Crippen LogP contribution is -2.27. The fourth-order valence-corrected chi connectivity index (χ4v) is 1.98. The quantitative estimate of drug-likeness (QED) is 0.789. The third-order valence-electron chi connectivity index (χ3n) is 3.01. The van der Waals surface area contributed by atoms with Crippen LogP contribution in [0.4, 0.5) is 0 Å². The van der Waals surface area contributed by atoms with Gasteiger partial charge >= 0.3 is 0 Å². The Morgan fingerprint density at radius 2 is 2.41 bits per heavy atom. The van der Waals surface area contributed by atoms with Crippen LogP contribution in [-0.4, -0.2) is 26.5 Å². The highest BCUT2D eigenvalue weighted by Crippen LogP contribution is 2.13. The molecule has 0 aliphatic heterocycles. The molecule has 2 aromatic rings. The molecular weight excluding hydrogens is 280 g/mol. The van der Waals surface area contributed by atoms with Crippen molar-refractivity contribution in [2.75, 3.05) is 0 Å². The molecule has 2 N–H and O–H groups in total. The minimum absolute atomic E-state index is 0.245. The molecule has 1 heterocycles. The van der Waals surface area contributed by atoms with Gasteiger partial charge in [-0.3, -0.25) is 4.79 Å². The number of hydrogen-bond acceptors (Lipinski definition) is 5. The topological polar surface area (TPSA) is 107 Å². The molecule has 0 radical (unpaired) electrons. The third-order valence-corrected chi connectivity index (χ3v) is 3.01. The van der Waals surface area contributed by atoms with Gasteiger partial charge < -0.3 is 5.32 Å². The average Bonchev–Trinajstić information content (AvgIpc) is 3.07. The summed E-state index contributed by atoms with van der Waals surface area (Å²) in [6, 6.07) is 8.82. The minimum Gasteiger partial charge on any atom is -0.342 e. The van der Waals surface area contributed by atoms with Gasteiger partial charge in [-0.25, -0.2) is 0 Å². The van der Waals surface area contributed by atoms with Gasteiger partial charge in [0.25, 0.3) is 0 Å². The highest BCUT2D eigenvalue weighted by Gasteiger charge is 2.16. The molecule has 0 bridgehead atoms. The maximum atomic E-state index is 12.0. The van der Waals surface area contributed by atoms with E-state index in [-0.39, 0.29) is 11.9 Å². The number of carbonyl (C=O) groups excluding carboxylic acids is 1. The van der Waals surface area contributed by atoms with Gasteiger partial charge in [0.2, 0.25) is 5.91 Å². The van der Waals surface area contributed by atoms with Crippen LogP contribution in [0.15, 0.2) is 30.3 Å². The van der Waals surface area contributed by atoms with Crippen LogP contribution in [0, 0.1) is 11.3 Å². The van der Waals surface area contributed by atoms with E-state index in [1.807, 2.05) is 13.0 Å². The standard InChI is InChI=1S/C15H16N6O/c1-2-4-13(15-18-20-21-19-15)17-14(22)8-7-11-5-3-6-12(9-11)10-16/h3,5-9,13H,2,4H2,1H3,(H,17,22)(H,18,19,20,21). The van der Waals surface area contributed by atoms with Gasteiger partial charge in [-0.05, 0) is 30.2 Å². The Labute approximate surface area is 128 Å². The summed E-state index contributed by atoms with van der Waals surface area (Å²) in [4.78, 5) is 12.0. The fourth-order valence-electron chi connectivity index (χ4n) is 1.98. The van der Waals surface area contributed by atoms with Crippen molar-refractivity contribution in [2.45, 2.75) is 25.8 Å². The molecule has 2 rings (SSSR count). The highest BCUT2D eigenvalue weighted by molar-refractivity contribution is 5.91. The number of carbonyl (C=O) groups is 1. The minimum atomic E-state index is -0.272. The van der Waals surface area contributed by atoms with Crippen LogP contribution in [0.2, 0.25) is 0 Å². The SMILES string of the molecule is CCCC(NC(=O)C=Cc1cccc(C#N)c1)c1nn[nH]n1. The maximum absolute atomic E-state index is 12.0. The van der Waals surface area contributed by atoms with Gasteiger partial charge in [0.15, 0.2) is 5.82 Å². The molecule has 0 spiro atoms. The summed E-state index contributed by atoms with van der Waals surface area (Å²) in [5.41, 5.74) is 1.35. The van der Waals surface area contributed by atoms with E-state index in [2.05, 4.69) is 32.0 Å². The number of nitrogens with one attached hydrogen (secondary N) is 2. The number of tetrazole rings is 1. The van der Waals surface area contributed by atoms with Crippen LogP contribution in [0.1, 0.15) is 42.8 Å². The largest absolute Gasteiger partial charge is 0.342 e. The van der Waals surface area contributed by atoms with E-state index in [0.29, 0.717) is 11.4 Å². The summed E-state index contributed by atoms with van der Waals surface area (Å²) in [5.74, 6) is 0.223. The summed E-state index contributed by atoms with van der Waals surface area (Å²) < 4.78 is 0. The third kappa shape index (κ3) is 4.24. The summed E-state index contributed by atoms with van der Waals surface area (Å²) in [6.07, 6.45) is 4.70. The first-order valence-corrected chi connectivity index (χ1v) is 6.95. The number of nitriles is 1. The molecule has 22 heavy (non-hydrogen) atoms. The molecule has 1 aromatic carbocycles. The molecule has 112 valence electrons. The van der Waals surface area contributed by atoms with Crippen LogP contribution in [0.5, 0.6) is 0 Å². The normalized spacial score (nSPS) is 12.0. The summed E-state index contributed by atoms with van der Waals surface area (Å²) >= 11 is 0. The Bertz CT molecular complexity index is 686. The molecular formula is C15H16N6O. The summed E-state index contributed by atoms with van der Waals surface area (Å²) in [6.45, 7) is 2.02. The van der Waals surface area contributed by atoms with Gasteiger partial charge in [0.1, 0.15) is 0 Å². The van der Waals surface area contributed by atoms with Crippen molar-refractivity contribution in [1.82, 2.24) is 25.9 Å². The van der Waals surface area contributed by atoms with Crippen molar-refractivity contribution in [2.24, 2.45) is 0 Å². The van der Waals surface area contributed by atoms with E-state index in [1.54, 1.807) is 24.3 Å². The zero-order valence-electron chi connectivity index (χ0n) is 12.2. The van der Waals surface area contributed by atoms with Crippen molar-refractivity contribution < 1.29 is 4.79 Å². The Balaban J connectivity index is 2.01. The van der Waals surface area contributed by atoms with E-state index < -0.39 is 0 Å². The second-order valence-electron chi connectivity index (χ2n) is 4.69. The predicted molar refractivity (Wildman–Crippen MR) is 80.2 cm³/mol. The molecule has 0 aliphatic carbocycles. The van der Waals surface area contributed by atoms with Crippen LogP contribution in [0.3, 0.4) is 0 Å². The maximum Gasteiger partial charge on any atom is 0.244 e. The van der Waals surface area contributed by atoms with E-state index in [9.17, 15) is 4.79 Å². The number of aromatic amines is 1. The zero-order chi connectivity index (χ0) is 15.8. The summed E-state index contributed by atoms with van der Waals surface area (Å²) in [5, 5.41) is 25.4. The lowest BCUT2D eigenvalue weighted by molar-refractivity contribution is -0.117. The number of nitrogens with zero attached hydrogens (tertiary/aromatic N) is 4. The molecule has 1 unspecified atom stereocenters. The van der Waals surface area contributed by atoms with Gasteiger partial charge in [0, 0.05) is 6.08 Å². The fraction of sp³-hybridized carbons (Fsp3) is 0.267. The van der Waals surface area contributed by atoms with E-state index >= 15 is 0 Å². The van der Waals surface area contributed by atoms with Crippen molar-refractivity contribution >= 4 is 12.0 Å². The molecule has 0 fully saturated rings. The van der Waals surface area contributed by atoms with Gasteiger partial charge in [-0.1, -0.05) is 30.7 Å². The van der Waals surface area contributed by atoms with Crippen LogP contribution >= 0.6 is 0 Å². The van der Waals surface area contributed by atoms with E-state index in [0.717, 1.165) is 18.4 Å². The molecule has 1 amide bonds. The number of benzene rings is 1. The van der Waals surface area contributed by atoms with Crippen molar-refractivity contribution in [1.29, 1.82) is 5.26 Å². The monoisotopic (exact) mass is 296 g/mol. The molecule has 0 aliphatic rings. The Kier molecular flexibility index (Phi) is 5.37. The Morgan fingerprint density at radius 1 is 1.55 bits per heavy atom. The number of hydrogen-bond donors (Lipinski definition) is 2. The number of aromatic nitrogens is 4. The molecule has 0 saturated heterocycles. The number of H-pyrrole nitrogens is 1. The first-order valence-electron chi connectivity index (χ1n) is 6.95. The number of rotatable bonds is 6. The van der Waals surface area contributed by atoms with E-state index in [1.165, 1.54) is 6.08 Å². The molecule has 0 saturated carbocycles. The molecule has 1 aromatic heterocycles. The van der Waals surface area contributed by atoms with Crippen molar-refractivity contribution in [3.63, 3.8) is 0 Å². The molecule has 7 heteroatoms. The van der Waals surface area contributed by atoms with Gasteiger partial charge in [0.05, 0.1) is 17.7 Å². The lowest BCUT2D eigenvalue weighted by Gasteiger charge is -2.12. The predicted octanol–water partition coefficient (Wildman–Crippen LogP) is 1.74. The van der Waals surface area contributed by atoms with Crippen molar-refractivity contribution in [3.05, 3.63) is 47.3 Å². The average molecular weight is 296 g/mol. The molecule has 7 nitrogen and oxygen atoms in total. The first kappa shape index (κ1) is 15.4. The Morgan fingerprint density at radius 3 is 3.09 bits per heavy atom.